The third-order valence-electron chi connectivity index (χ3n) is 2.60. The van der Waals surface area contributed by atoms with Gasteiger partial charge in [0, 0.05) is 17.2 Å². The summed E-state index contributed by atoms with van der Waals surface area (Å²) in [5.74, 6) is 0.704. The first-order chi connectivity index (χ1) is 7.74. The highest BCUT2D eigenvalue weighted by Crippen LogP contribution is 2.33. The van der Waals surface area contributed by atoms with Crippen LogP contribution < -0.4 is 10.6 Å². The van der Waals surface area contributed by atoms with Gasteiger partial charge < -0.3 is 10.6 Å². The third kappa shape index (κ3) is 2.08. The van der Waals surface area contributed by atoms with Gasteiger partial charge in [-0.25, -0.2) is 0 Å². The maximum atomic E-state index is 12.1. The van der Waals surface area contributed by atoms with Crippen LogP contribution >= 0.6 is 11.8 Å². The highest BCUT2D eigenvalue weighted by molar-refractivity contribution is 7.99. The molecule has 0 saturated carbocycles. The molecule has 4 heteroatoms. The number of hydrogen-bond acceptors (Lipinski definition) is 3. The zero-order chi connectivity index (χ0) is 11.5. The van der Waals surface area contributed by atoms with Crippen molar-refractivity contribution in [3.8, 4) is 0 Å². The minimum atomic E-state index is -0.385. The molecule has 0 spiro atoms. The Morgan fingerprint density at radius 2 is 2.25 bits per heavy atom. The highest BCUT2D eigenvalue weighted by Gasteiger charge is 2.27. The average molecular weight is 236 g/mol. The summed E-state index contributed by atoms with van der Waals surface area (Å²) in [4.78, 5) is 15.1. The van der Waals surface area contributed by atoms with E-state index in [1.165, 1.54) is 0 Å². The van der Waals surface area contributed by atoms with Crippen LogP contribution in [0.3, 0.4) is 0 Å². The number of nitrogens with zero attached hydrogens (tertiary/aromatic N) is 1. The second-order valence-corrected chi connectivity index (χ2v) is 4.94. The van der Waals surface area contributed by atoms with Crippen molar-refractivity contribution in [3.05, 3.63) is 24.3 Å². The maximum absolute atomic E-state index is 12.1. The summed E-state index contributed by atoms with van der Waals surface area (Å²) in [6, 6.07) is 7.62. The SMILES string of the molecule is CCCN1C(=O)C(N)CSc2ccccc21. The van der Waals surface area contributed by atoms with Gasteiger partial charge >= 0.3 is 0 Å². The minimum Gasteiger partial charge on any atom is -0.319 e. The number of thioether (sulfide) groups is 1. The quantitative estimate of drug-likeness (QED) is 0.852. The number of para-hydroxylation sites is 1. The molecule has 1 aromatic carbocycles. The summed E-state index contributed by atoms with van der Waals surface area (Å²) in [6.07, 6.45) is 0.942. The van der Waals surface area contributed by atoms with Crippen LogP contribution in [0.2, 0.25) is 0 Å². The van der Waals surface area contributed by atoms with E-state index in [4.69, 9.17) is 5.73 Å². The van der Waals surface area contributed by atoms with Gasteiger partial charge in [-0.05, 0) is 18.6 Å². The zero-order valence-electron chi connectivity index (χ0n) is 9.35. The van der Waals surface area contributed by atoms with Gasteiger partial charge in [0.2, 0.25) is 5.91 Å². The summed E-state index contributed by atoms with van der Waals surface area (Å²) < 4.78 is 0. The monoisotopic (exact) mass is 236 g/mol. The van der Waals surface area contributed by atoms with Gasteiger partial charge in [-0.1, -0.05) is 19.1 Å². The number of nitrogens with two attached hydrogens (primary N) is 1. The van der Waals surface area contributed by atoms with Crippen LogP contribution in [0, 0.1) is 0 Å². The van der Waals surface area contributed by atoms with Crippen molar-refractivity contribution >= 4 is 23.4 Å². The van der Waals surface area contributed by atoms with Crippen LogP contribution in [0.5, 0.6) is 0 Å². The summed E-state index contributed by atoms with van der Waals surface area (Å²) >= 11 is 1.66. The predicted octanol–water partition coefficient (Wildman–Crippen LogP) is 1.86. The lowest BCUT2D eigenvalue weighted by Crippen LogP contribution is -2.44. The fourth-order valence-corrected chi connectivity index (χ4v) is 2.83. The van der Waals surface area contributed by atoms with Gasteiger partial charge in [-0.3, -0.25) is 4.79 Å². The van der Waals surface area contributed by atoms with Gasteiger partial charge in [0.1, 0.15) is 0 Å². The molecule has 0 fully saturated rings. The fourth-order valence-electron chi connectivity index (χ4n) is 1.83. The molecule has 1 atom stereocenters. The number of benzene rings is 1. The number of anilines is 1. The number of carbonyl (C=O) groups excluding carboxylic acids is 1. The molecule has 1 aromatic rings. The molecule has 3 nitrogen and oxygen atoms in total. The largest absolute Gasteiger partial charge is 0.319 e. The molecule has 16 heavy (non-hydrogen) atoms. The Labute approximate surface area is 100.0 Å². The van der Waals surface area contributed by atoms with Crippen molar-refractivity contribution in [2.75, 3.05) is 17.2 Å². The summed E-state index contributed by atoms with van der Waals surface area (Å²) in [5, 5.41) is 0. The molecule has 0 aromatic heterocycles. The second-order valence-electron chi connectivity index (χ2n) is 3.88. The lowest BCUT2D eigenvalue weighted by atomic mass is 10.2. The van der Waals surface area contributed by atoms with E-state index in [2.05, 4.69) is 6.92 Å². The van der Waals surface area contributed by atoms with Crippen LogP contribution in [0.15, 0.2) is 29.2 Å². The normalized spacial score (nSPS) is 20.5. The van der Waals surface area contributed by atoms with E-state index in [1.54, 1.807) is 11.8 Å². The molecule has 2 N–H and O–H groups in total. The Balaban J connectivity index is 2.41. The maximum Gasteiger partial charge on any atom is 0.244 e. The Hall–Kier alpha value is -1.00. The zero-order valence-corrected chi connectivity index (χ0v) is 10.2. The topological polar surface area (TPSA) is 46.3 Å². The number of fused-ring (bicyclic) bond motifs is 1. The smallest absolute Gasteiger partial charge is 0.244 e. The van der Waals surface area contributed by atoms with Crippen LogP contribution in [-0.4, -0.2) is 24.2 Å². The van der Waals surface area contributed by atoms with Crippen molar-refractivity contribution in [2.45, 2.75) is 24.3 Å². The first kappa shape index (κ1) is 11.5. The van der Waals surface area contributed by atoms with Gasteiger partial charge in [-0.2, -0.15) is 0 Å². The molecule has 0 saturated heterocycles. The van der Waals surface area contributed by atoms with Gasteiger partial charge in [0.05, 0.1) is 11.7 Å². The van der Waals surface area contributed by atoms with E-state index in [-0.39, 0.29) is 11.9 Å². The van der Waals surface area contributed by atoms with Crippen LogP contribution in [0.25, 0.3) is 0 Å². The van der Waals surface area contributed by atoms with E-state index in [0.717, 1.165) is 23.5 Å². The third-order valence-corrected chi connectivity index (χ3v) is 3.79. The standard InChI is InChI=1S/C12H16N2OS/c1-2-7-14-10-5-3-4-6-11(10)16-8-9(13)12(14)15/h3-6,9H,2,7-8,13H2,1H3. The van der Waals surface area contributed by atoms with Crippen LogP contribution in [0.4, 0.5) is 5.69 Å². The fraction of sp³-hybridized carbons (Fsp3) is 0.417. The van der Waals surface area contributed by atoms with Gasteiger partial charge in [-0.15, -0.1) is 11.8 Å². The van der Waals surface area contributed by atoms with Crippen molar-refractivity contribution < 1.29 is 4.79 Å². The first-order valence-corrected chi connectivity index (χ1v) is 6.51. The Bertz CT molecular complexity index is 394. The molecule has 0 aliphatic carbocycles. The molecular formula is C12H16N2OS. The van der Waals surface area contributed by atoms with Crippen molar-refractivity contribution in [3.63, 3.8) is 0 Å². The number of hydrogen-bond donors (Lipinski definition) is 1. The highest BCUT2D eigenvalue weighted by atomic mass is 32.2. The summed E-state index contributed by atoms with van der Waals surface area (Å²) in [7, 11) is 0. The van der Waals surface area contributed by atoms with Crippen LogP contribution in [-0.2, 0) is 4.79 Å². The molecular weight excluding hydrogens is 220 g/mol. The molecule has 86 valence electrons. The number of carbonyl (C=O) groups is 1. The van der Waals surface area contributed by atoms with Crippen molar-refractivity contribution in [2.24, 2.45) is 5.73 Å². The van der Waals surface area contributed by atoms with E-state index < -0.39 is 0 Å². The van der Waals surface area contributed by atoms with E-state index in [0.29, 0.717) is 5.75 Å². The summed E-state index contributed by atoms with van der Waals surface area (Å²) in [5.41, 5.74) is 6.87. The van der Waals surface area contributed by atoms with Crippen LogP contribution in [0.1, 0.15) is 13.3 Å². The Kier molecular flexibility index (Phi) is 3.51. The molecule has 0 radical (unpaired) electrons. The lowest BCUT2D eigenvalue weighted by molar-refractivity contribution is -0.119. The molecule has 1 aliphatic rings. The average Bonchev–Trinajstić information content (AvgIpc) is 2.42. The van der Waals surface area contributed by atoms with Gasteiger partial charge in [0.25, 0.3) is 0 Å². The second kappa shape index (κ2) is 4.89. The molecule has 2 rings (SSSR count). The number of rotatable bonds is 2. The van der Waals surface area contributed by atoms with E-state index >= 15 is 0 Å². The molecule has 1 amide bonds. The molecule has 1 heterocycles. The molecule has 1 unspecified atom stereocenters. The van der Waals surface area contributed by atoms with Crippen molar-refractivity contribution in [1.82, 2.24) is 0 Å². The Morgan fingerprint density at radius 1 is 1.50 bits per heavy atom. The first-order valence-electron chi connectivity index (χ1n) is 5.53. The van der Waals surface area contributed by atoms with E-state index in [9.17, 15) is 4.79 Å². The van der Waals surface area contributed by atoms with Crippen molar-refractivity contribution in [1.29, 1.82) is 0 Å². The van der Waals surface area contributed by atoms with E-state index in [1.807, 2.05) is 29.2 Å². The predicted molar refractivity (Wildman–Crippen MR) is 67.8 cm³/mol. The molecule has 1 aliphatic heterocycles. The summed E-state index contributed by atoms with van der Waals surface area (Å²) in [6.45, 7) is 2.81. The minimum absolute atomic E-state index is 0.0410. The van der Waals surface area contributed by atoms with Gasteiger partial charge in [0.15, 0.2) is 0 Å². The Morgan fingerprint density at radius 3 is 3.00 bits per heavy atom. The number of amides is 1. The molecule has 0 bridgehead atoms. The lowest BCUT2D eigenvalue weighted by Gasteiger charge is -2.23.